The van der Waals surface area contributed by atoms with E-state index in [0.29, 0.717) is 5.82 Å². The standard InChI is InChI=1S/C11H17N5O2/c12-16-10-6-13-8(5-14-10)11(18)15-7-3-1-2-4-9(7)17/h5-7,9,17H,1-4,12H2,(H,14,16)(H,15,18). The number of hydrogen-bond donors (Lipinski definition) is 4. The van der Waals surface area contributed by atoms with Crippen LogP contribution in [0.15, 0.2) is 12.4 Å². The summed E-state index contributed by atoms with van der Waals surface area (Å²) < 4.78 is 0. The molecule has 0 bridgehead atoms. The summed E-state index contributed by atoms with van der Waals surface area (Å²) in [4.78, 5) is 19.7. The Morgan fingerprint density at radius 1 is 1.33 bits per heavy atom. The van der Waals surface area contributed by atoms with E-state index in [0.717, 1.165) is 25.7 Å². The molecule has 0 aromatic carbocycles. The molecule has 1 fully saturated rings. The number of hydrazine groups is 1. The minimum Gasteiger partial charge on any atom is -0.391 e. The molecular weight excluding hydrogens is 234 g/mol. The van der Waals surface area contributed by atoms with Crippen LogP contribution in [0.5, 0.6) is 0 Å². The highest BCUT2D eigenvalue weighted by Gasteiger charge is 2.25. The highest BCUT2D eigenvalue weighted by molar-refractivity contribution is 5.92. The van der Waals surface area contributed by atoms with E-state index in [-0.39, 0.29) is 17.6 Å². The molecule has 0 spiro atoms. The zero-order chi connectivity index (χ0) is 13.0. The molecule has 1 aliphatic rings. The Morgan fingerprint density at radius 3 is 2.72 bits per heavy atom. The van der Waals surface area contributed by atoms with E-state index < -0.39 is 6.10 Å². The molecule has 18 heavy (non-hydrogen) atoms. The number of anilines is 1. The van der Waals surface area contributed by atoms with Gasteiger partial charge in [-0.25, -0.2) is 15.8 Å². The largest absolute Gasteiger partial charge is 0.391 e. The van der Waals surface area contributed by atoms with E-state index in [9.17, 15) is 9.90 Å². The maximum Gasteiger partial charge on any atom is 0.271 e. The molecule has 1 saturated carbocycles. The van der Waals surface area contributed by atoms with E-state index >= 15 is 0 Å². The van der Waals surface area contributed by atoms with Gasteiger partial charge in [0.2, 0.25) is 0 Å². The number of rotatable bonds is 3. The van der Waals surface area contributed by atoms with Gasteiger partial charge in [0.1, 0.15) is 5.69 Å². The second-order valence-corrected chi connectivity index (χ2v) is 4.36. The van der Waals surface area contributed by atoms with Gasteiger partial charge in [-0.2, -0.15) is 0 Å². The fourth-order valence-electron chi connectivity index (χ4n) is 2.04. The SMILES string of the molecule is NNc1cnc(C(=O)NC2CCCCC2O)cn1. The third-order valence-electron chi connectivity index (χ3n) is 3.08. The van der Waals surface area contributed by atoms with Crippen molar-refractivity contribution < 1.29 is 9.90 Å². The molecule has 5 N–H and O–H groups in total. The van der Waals surface area contributed by atoms with Gasteiger partial charge >= 0.3 is 0 Å². The van der Waals surface area contributed by atoms with Crippen molar-refractivity contribution in [1.82, 2.24) is 15.3 Å². The number of carbonyl (C=O) groups excluding carboxylic acids is 1. The Morgan fingerprint density at radius 2 is 2.11 bits per heavy atom. The Hall–Kier alpha value is -1.73. The zero-order valence-electron chi connectivity index (χ0n) is 9.97. The summed E-state index contributed by atoms with van der Waals surface area (Å²) in [7, 11) is 0. The molecule has 98 valence electrons. The van der Waals surface area contributed by atoms with Crippen molar-refractivity contribution in [2.24, 2.45) is 5.84 Å². The van der Waals surface area contributed by atoms with Crippen molar-refractivity contribution >= 4 is 11.7 Å². The van der Waals surface area contributed by atoms with Crippen molar-refractivity contribution in [1.29, 1.82) is 0 Å². The number of amides is 1. The molecule has 2 unspecified atom stereocenters. The summed E-state index contributed by atoms with van der Waals surface area (Å²) in [5.41, 5.74) is 2.55. The van der Waals surface area contributed by atoms with Crippen LogP contribution in [0.4, 0.5) is 5.82 Å². The monoisotopic (exact) mass is 251 g/mol. The molecule has 7 heteroatoms. The number of nitrogens with two attached hydrogens (primary N) is 1. The van der Waals surface area contributed by atoms with E-state index in [1.54, 1.807) is 0 Å². The van der Waals surface area contributed by atoms with Crippen molar-refractivity contribution in [2.75, 3.05) is 5.43 Å². The van der Waals surface area contributed by atoms with Gasteiger partial charge in [-0.3, -0.25) is 4.79 Å². The number of aromatic nitrogens is 2. The molecular formula is C11H17N5O2. The van der Waals surface area contributed by atoms with E-state index in [1.807, 2.05) is 0 Å². The quantitative estimate of drug-likeness (QED) is 0.437. The molecule has 2 atom stereocenters. The van der Waals surface area contributed by atoms with Gasteiger partial charge in [0.05, 0.1) is 24.5 Å². The number of nitrogens with zero attached hydrogens (tertiary/aromatic N) is 2. The van der Waals surface area contributed by atoms with Gasteiger partial charge in [-0.05, 0) is 12.8 Å². The maximum absolute atomic E-state index is 11.9. The number of nitrogens with one attached hydrogen (secondary N) is 2. The molecule has 1 aromatic rings. The van der Waals surface area contributed by atoms with E-state index in [4.69, 9.17) is 5.84 Å². The predicted octanol–water partition coefficient (Wildman–Crippen LogP) is -0.205. The lowest BCUT2D eigenvalue weighted by atomic mass is 9.92. The topological polar surface area (TPSA) is 113 Å². The molecule has 1 aliphatic carbocycles. The lowest BCUT2D eigenvalue weighted by Crippen LogP contribution is -2.45. The summed E-state index contributed by atoms with van der Waals surface area (Å²) >= 11 is 0. The molecule has 2 rings (SSSR count). The summed E-state index contributed by atoms with van der Waals surface area (Å²) in [5.74, 6) is 5.23. The maximum atomic E-state index is 11.9. The van der Waals surface area contributed by atoms with Crippen molar-refractivity contribution in [3.05, 3.63) is 18.1 Å². The van der Waals surface area contributed by atoms with Crippen molar-refractivity contribution in [3.63, 3.8) is 0 Å². The summed E-state index contributed by atoms with van der Waals surface area (Å²) in [6.45, 7) is 0. The molecule has 1 aromatic heterocycles. The molecule has 0 saturated heterocycles. The van der Waals surface area contributed by atoms with Gasteiger partial charge in [-0.15, -0.1) is 0 Å². The molecule has 1 amide bonds. The van der Waals surface area contributed by atoms with Gasteiger partial charge in [0, 0.05) is 0 Å². The fraction of sp³-hybridized carbons (Fsp3) is 0.545. The van der Waals surface area contributed by atoms with E-state index in [2.05, 4.69) is 20.7 Å². The number of nitrogen functional groups attached to an aromatic ring is 1. The van der Waals surface area contributed by atoms with Crippen molar-refractivity contribution in [2.45, 2.75) is 37.8 Å². The molecule has 0 radical (unpaired) electrons. The zero-order valence-corrected chi connectivity index (χ0v) is 9.97. The normalized spacial score (nSPS) is 23.4. The van der Waals surface area contributed by atoms with Crippen LogP contribution in [-0.4, -0.2) is 33.1 Å². The first-order chi connectivity index (χ1) is 8.70. The minimum absolute atomic E-state index is 0.194. The summed E-state index contributed by atoms with van der Waals surface area (Å²) in [6.07, 6.45) is 5.80. The van der Waals surface area contributed by atoms with Gasteiger partial charge < -0.3 is 15.8 Å². The highest BCUT2D eigenvalue weighted by atomic mass is 16.3. The Bertz CT molecular complexity index is 408. The number of hydrogen-bond acceptors (Lipinski definition) is 6. The Labute approximate surface area is 105 Å². The first-order valence-corrected chi connectivity index (χ1v) is 5.98. The van der Waals surface area contributed by atoms with Gasteiger partial charge in [0.25, 0.3) is 5.91 Å². The summed E-state index contributed by atoms with van der Waals surface area (Å²) in [5, 5.41) is 12.5. The van der Waals surface area contributed by atoms with Crippen LogP contribution in [0.25, 0.3) is 0 Å². The van der Waals surface area contributed by atoms with Crippen LogP contribution < -0.4 is 16.6 Å². The second-order valence-electron chi connectivity index (χ2n) is 4.36. The van der Waals surface area contributed by atoms with Gasteiger partial charge in [0.15, 0.2) is 5.82 Å². The minimum atomic E-state index is -0.472. The third-order valence-corrected chi connectivity index (χ3v) is 3.08. The van der Waals surface area contributed by atoms with Crippen LogP contribution in [0.1, 0.15) is 36.2 Å². The second kappa shape index (κ2) is 5.74. The average Bonchev–Trinajstić information content (AvgIpc) is 2.41. The Kier molecular flexibility index (Phi) is 4.06. The first kappa shape index (κ1) is 12.7. The fourth-order valence-corrected chi connectivity index (χ4v) is 2.04. The van der Waals surface area contributed by atoms with Crippen LogP contribution in [0, 0.1) is 0 Å². The predicted molar refractivity (Wildman–Crippen MR) is 65.6 cm³/mol. The third kappa shape index (κ3) is 2.93. The van der Waals surface area contributed by atoms with Crippen molar-refractivity contribution in [3.8, 4) is 0 Å². The lowest BCUT2D eigenvalue weighted by molar-refractivity contribution is 0.0713. The smallest absolute Gasteiger partial charge is 0.271 e. The number of carbonyl (C=O) groups is 1. The lowest BCUT2D eigenvalue weighted by Gasteiger charge is -2.28. The summed E-state index contributed by atoms with van der Waals surface area (Å²) in [6, 6.07) is -0.194. The van der Waals surface area contributed by atoms with Crippen LogP contribution in [0.3, 0.4) is 0 Å². The molecule has 1 heterocycles. The Balaban J connectivity index is 1.97. The van der Waals surface area contributed by atoms with E-state index in [1.165, 1.54) is 12.4 Å². The van der Waals surface area contributed by atoms with Crippen LogP contribution in [-0.2, 0) is 0 Å². The van der Waals surface area contributed by atoms with Gasteiger partial charge in [-0.1, -0.05) is 12.8 Å². The number of aliphatic hydroxyl groups excluding tert-OH is 1. The highest BCUT2D eigenvalue weighted by Crippen LogP contribution is 2.18. The first-order valence-electron chi connectivity index (χ1n) is 5.98. The van der Waals surface area contributed by atoms with Crippen LogP contribution >= 0.6 is 0 Å². The van der Waals surface area contributed by atoms with Crippen LogP contribution in [0.2, 0.25) is 0 Å². The molecule has 7 nitrogen and oxygen atoms in total. The molecule has 0 aliphatic heterocycles. The average molecular weight is 251 g/mol. The number of aliphatic hydroxyl groups is 1.